The molecule has 1 amide bonds. The number of methoxy groups -OCH3 is 1. The molecule has 178 valence electrons. The number of para-hydroxylation sites is 1. The van der Waals surface area contributed by atoms with Gasteiger partial charge < -0.3 is 14.5 Å². The number of nitrogens with zero attached hydrogens (tertiary/aromatic N) is 3. The highest BCUT2D eigenvalue weighted by Gasteiger charge is 2.47. The molecular weight excluding hydrogens is 438 g/mol. The molecule has 2 aromatic rings. The van der Waals surface area contributed by atoms with Crippen LogP contribution in [0.15, 0.2) is 41.3 Å². The topological polar surface area (TPSA) is 70.2 Å². The molecule has 0 N–H and O–H groups in total. The molecule has 0 aromatic heterocycles. The second kappa shape index (κ2) is 8.99. The van der Waals surface area contributed by atoms with E-state index in [1.807, 2.05) is 36.9 Å². The van der Waals surface area contributed by atoms with Crippen molar-refractivity contribution in [2.24, 2.45) is 0 Å². The van der Waals surface area contributed by atoms with Crippen LogP contribution in [0.3, 0.4) is 0 Å². The number of likely N-dealkylation sites (N-methyl/N-ethyl adjacent to an activating group) is 1. The van der Waals surface area contributed by atoms with E-state index in [9.17, 15) is 13.2 Å². The van der Waals surface area contributed by atoms with Gasteiger partial charge in [-0.15, -0.1) is 0 Å². The van der Waals surface area contributed by atoms with Gasteiger partial charge in [-0.25, -0.2) is 8.42 Å². The molecule has 2 aromatic carbocycles. The largest absolute Gasteiger partial charge is 0.496 e. The average molecular weight is 472 g/mol. The van der Waals surface area contributed by atoms with Gasteiger partial charge in [-0.2, -0.15) is 0 Å². The molecule has 4 rings (SSSR count). The van der Waals surface area contributed by atoms with Gasteiger partial charge in [-0.05, 0) is 75.7 Å². The van der Waals surface area contributed by atoms with Crippen LogP contribution in [0.25, 0.3) is 0 Å². The SMILES string of the molecule is COc1ccc(S(=O)(=O)N2c3ccccc3[C@H](C(=O)N3CCCN(C)CC3)[C@H]2C)c(C)c1C. The molecule has 0 aliphatic carbocycles. The molecule has 2 aliphatic heterocycles. The summed E-state index contributed by atoms with van der Waals surface area (Å²) in [5.74, 6) is 0.130. The molecule has 2 atom stereocenters. The van der Waals surface area contributed by atoms with Crippen LogP contribution in [0.4, 0.5) is 5.69 Å². The van der Waals surface area contributed by atoms with Crippen molar-refractivity contribution in [3.05, 3.63) is 53.1 Å². The van der Waals surface area contributed by atoms with E-state index in [2.05, 4.69) is 11.9 Å². The van der Waals surface area contributed by atoms with Crippen LogP contribution in [0, 0.1) is 13.8 Å². The molecule has 2 heterocycles. The van der Waals surface area contributed by atoms with E-state index in [0.717, 1.165) is 30.6 Å². The number of ether oxygens (including phenoxy) is 1. The van der Waals surface area contributed by atoms with Gasteiger partial charge in [-0.1, -0.05) is 18.2 Å². The van der Waals surface area contributed by atoms with Crippen molar-refractivity contribution in [2.45, 2.75) is 44.0 Å². The van der Waals surface area contributed by atoms with Crippen LogP contribution >= 0.6 is 0 Å². The lowest BCUT2D eigenvalue weighted by Crippen LogP contribution is -2.44. The number of benzene rings is 2. The molecule has 7 nitrogen and oxygen atoms in total. The fourth-order valence-electron chi connectivity index (χ4n) is 5.09. The van der Waals surface area contributed by atoms with E-state index >= 15 is 0 Å². The van der Waals surface area contributed by atoms with Crippen molar-refractivity contribution in [1.29, 1.82) is 0 Å². The maximum absolute atomic E-state index is 14.0. The number of hydrogen-bond acceptors (Lipinski definition) is 5. The number of sulfonamides is 1. The summed E-state index contributed by atoms with van der Waals surface area (Å²) in [7, 11) is -0.254. The Hall–Kier alpha value is -2.58. The summed E-state index contributed by atoms with van der Waals surface area (Å²) >= 11 is 0. The minimum atomic E-state index is -3.89. The minimum Gasteiger partial charge on any atom is -0.496 e. The van der Waals surface area contributed by atoms with Crippen LogP contribution in [0.1, 0.15) is 36.0 Å². The Morgan fingerprint density at radius 3 is 2.45 bits per heavy atom. The molecule has 0 spiro atoms. The number of anilines is 1. The maximum atomic E-state index is 14.0. The van der Waals surface area contributed by atoms with Gasteiger partial charge in [0, 0.05) is 19.6 Å². The van der Waals surface area contributed by atoms with E-state index in [1.54, 1.807) is 32.2 Å². The molecular formula is C25H33N3O4S. The Labute approximate surface area is 197 Å². The van der Waals surface area contributed by atoms with Crippen molar-refractivity contribution >= 4 is 21.6 Å². The summed E-state index contributed by atoms with van der Waals surface area (Å²) in [5, 5.41) is 0. The summed E-state index contributed by atoms with van der Waals surface area (Å²) in [6.45, 7) is 8.63. The fourth-order valence-corrected chi connectivity index (χ4v) is 7.07. The molecule has 0 unspecified atom stereocenters. The Morgan fingerprint density at radius 1 is 1.00 bits per heavy atom. The first-order chi connectivity index (χ1) is 15.7. The van der Waals surface area contributed by atoms with E-state index in [4.69, 9.17) is 4.74 Å². The number of carbonyl (C=O) groups is 1. The third kappa shape index (κ3) is 3.99. The highest BCUT2D eigenvalue weighted by Crippen LogP contribution is 2.45. The zero-order valence-corrected chi connectivity index (χ0v) is 20.9. The predicted octanol–water partition coefficient (Wildman–Crippen LogP) is 3.16. The normalized spacial score (nSPS) is 21.6. The molecule has 8 heteroatoms. The summed E-state index contributed by atoms with van der Waals surface area (Å²) in [6.07, 6.45) is 0.914. The van der Waals surface area contributed by atoms with Crippen molar-refractivity contribution in [1.82, 2.24) is 9.80 Å². The first-order valence-electron chi connectivity index (χ1n) is 11.4. The van der Waals surface area contributed by atoms with Gasteiger partial charge in [0.25, 0.3) is 10.0 Å². The zero-order valence-electron chi connectivity index (χ0n) is 20.0. The van der Waals surface area contributed by atoms with Crippen LogP contribution in [0.2, 0.25) is 0 Å². The lowest BCUT2D eigenvalue weighted by molar-refractivity contribution is -0.132. The van der Waals surface area contributed by atoms with E-state index < -0.39 is 22.0 Å². The van der Waals surface area contributed by atoms with Gasteiger partial charge in [0.15, 0.2) is 0 Å². The van der Waals surface area contributed by atoms with Crippen LogP contribution in [-0.2, 0) is 14.8 Å². The van der Waals surface area contributed by atoms with Gasteiger partial charge in [0.2, 0.25) is 5.91 Å². The van der Waals surface area contributed by atoms with Gasteiger partial charge in [-0.3, -0.25) is 9.10 Å². The van der Waals surface area contributed by atoms with E-state index in [-0.39, 0.29) is 10.8 Å². The molecule has 0 radical (unpaired) electrons. The smallest absolute Gasteiger partial charge is 0.264 e. The van der Waals surface area contributed by atoms with E-state index in [0.29, 0.717) is 30.1 Å². The number of amides is 1. The lowest BCUT2D eigenvalue weighted by Gasteiger charge is -2.30. The quantitative estimate of drug-likeness (QED) is 0.685. The molecule has 1 fully saturated rings. The maximum Gasteiger partial charge on any atom is 0.264 e. The van der Waals surface area contributed by atoms with Gasteiger partial charge in [0.05, 0.1) is 29.7 Å². The average Bonchev–Trinajstić information content (AvgIpc) is 2.92. The summed E-state index contributed by atoms with van der Waals surface area (Å²) in [4.78, 5) is 18.1. The summed E-state index contributed by atoms with van der Waals surface area (Å²) < 4.78 is 34.8. The molecule has 2 aliphatic rings. The van der Waals surface area contributed by atoms with Crippen molar-refractivity contribution in [3.63, 3.8) is 0 Å². The number of hydrogen-bond donors (Lipinski definition) is 0. The lowest BCUT2D eigenvalue weighted by atomic mass is 9.94. The fraction of sp³-hybridized carbons (Fsp3) is 0.480. The third-order valence-corrected chi connectivity index (χ3v) is 9.15. The number of fused-ring (bicyclic) bond motifs is 1. The predicted molar refractivity (Wildman–Crippen MR) is 129 cm³/mol. The zero-order chi connectivity index (χ0) is 23.9. The highest BCUT2D eigenvalue weighted by molar-refractivity contribution is 7.93. The molecule has 33 heavy (non-hydrogen) atoms. The van der Waals surface area contributed by atoms with Crippen molar-refractivity contribution in [3.8, 4) is 5.75 Å². The third-order valence-electron chi connectivity index (χ3n) is 7.10. The molecule has 0 saturated carbocycles. The Morgan fingerprint density at radius 2 is 1.73 bits per heavy atom. The molecule has 0 bridgehead atoms. The second-order valence-electron chi connectivity index (χ2n) is 9.08. The monoisotopic (exact) mass is 471 g/mol. The van der Waals surface area contributed by atoms with Crippen molar-refractivity contribution in [2.75, 3.05) is 44.6 Å². The van der Waals surface area contributed by atoms with E-state index in [1.165, 1.54) is 4.31 Å². The standard InChI is InChI=1S/C25H33N3O4S/c1-17-18(2)23(12-11-22(17)32-5)33(30,31)28-19(3)24(20-9-6-7-10-21(20)28)25(29)27-14-8-13-26(4)15-16-27/h6-7,9-12,19,24H,8,13-16H2,1-5H3/t19-,24-/m1/s1. The Bertz CT molecular complexity index is 1160. The minimum absolute atomic E-state index is 0.00517. The first kappa shape index (κ1) is 23.6. The van der Waals surface area contributed by atoms with Gasteiger partial charge >= 0.3 is 0 Å². The first-order valence-corrected chi connectivity index (χ1v) is 12.9. The molecule has 1 saturated heterocycles. The number of carbonyl (C=O) groups excluding carboxylic acids is 1. The van der Waals surface area contributed by atoms with Crippen LogP contribution < -0.4 is 9.04 Å². The number of rotatable bonds is 4. The van der Waals surface area contributed by atoms with Gasteiger partial charge in [0.1, 0.15) is 5.75 Å². The Balaban J connectivity index is 1.75. The van der Waals surface area contributed by atoms with Crippen molar-refractivity contribution < 1.29 is 17.9 Å². The summed E-state index contributed by atoms with van der Waals surface area (Å²) in [5.41, 5.74) is 2.81. The second-order valence-corrected chi connectivity index (χ2v) is 10.9. The van der Waals surface area contributed by atoms with Crippen LogP contribution in [0.5, 0.6) is 5.75 Å². The Kier molecular flexibility index (Phi) is 6.42. The van der Waals surface area contributed by atoms with Crippen LogP contribution in [-0.4, -0.2) is 70.5 Å². The highest BCUT2D eigenvalue weighted by atomic mass is 32.2. The summed E-state index contributed by atoms with van der Waals surface area (Å²) in [6, 6.07) is 10.2.